The molecule has 5 nitrogen and oxygen atoms in total. The predicted molar refractivity (Wildman–Crippen MR) is 63.2 cm³/mol. The highest BCUT2D eigenvalue weighted by Crippen LogP contribution is 2.12. The van der Waals surface area contributed by atoms with Crippen LogP contribution in [0.1, 0.15) is 5.56 Å². The van der Waals surface area contributed by atoms with Crippen molar-refractivity contribution >= 4 is 11.8 Å². The Kier molecular flexibility index (Phi) is 5.14. The van der Waals surface area contributed by atoms with E-state index in [2.05, 4.69) is 22.1 Å². The van der Waals surface area contributed by atoms with Crippen LogP contribution in [0.15, 0.2) is 18.3 Å². The van der Waals surface area contributed by atoms with Gasteiger partial charge in [0.25, 0.3) is 0 Å². The number of halogens is 3. The van der Waals surface area contributed by atoms with Gasteiger partial charge in [-0.2, -0.15) is 13.2 Å². The number of nitrogens with two attached hydrogens (primary N) is 1. The molecule has 0 aliphatic heterocycles. The Morgan fingerprint density at radius 2 is 2.21 bits per heavy atom. The Balaban J connectivity index is 2.59. The molecule has 0 saturated heterocycles. The summed E-state index contributed by atoms with van der Waals surface area (Å²) < 4.78 is 35.6. The van der Waals surface area contributed by atoms with Gasteiger partial charge in [0.2, 0.25) is 0 Å². The molecule has 0 atom stereocenters. The summed E-state index contributed by atoms with van der Waals surface area (Å²) in [6.45, 7) is -1.23. The maximum absolute atomic E-state index is 11.9. The van der Waals surface area contributed by atoms with E-state index in [9.17, 15) is 18.0 Å². The number of hydrogen-bond acceptors (Lipinski definition) is 3. The van der Waals surface area contributed by atoms with Crippen LogP contribution in [0.4, 0.5) is 23.8 Å². The van der Waals surface area contributed by atoms with Gasteiger partial charge >= 0.3 is 12.2 Å². The minimum Gasteiger partial charge on any atom is -0.329 e. The van der Waals surface area contributed by atoms with Gasteiger partial charge in [0, 0.05) is 11.8 Å². The second-order valence-corrected chi connectivity index (χ2v) is 3.36. The van der Waals surface area contributed by atoms with Crippen molar-refractivity contribution < 1.29 is 18.0 Å². The van der Waals surface area contributed by atoms with Crippen molar-refractivity contribution in [1.82, 2.24) is 10.3 Å². The summed E-state index contributed by atoms with van der Waals surface area (Å²) in [5.74, 6) is 5.41. The fraction of sp³-hybridized carbons (Fsp3) is 0.273. The van der Waals surface area contributed by atoms with Gasteiger partial charge in [0.15, 0.2) is 0 Å². The zero-order valence-corrected chi connectivity index (χ0v) is 9.71. The average molecular weight is 272 g/mol. The quantitative estimate of drug-likeness (QED) is 0.705. The molecule has 4 N–H and O–H groups in total. The number of rotatable bonds is 2. The topological polar surface area (TPSA) is 80.0 Å². The molecule has 1 rings (SSSR count). The van der Waals surface area contributed by atoms with Gasteiger partial charge in [0.1, 0.15) is 12.4 Å². The molecule has 1 heterocycles. The van der Waals surface area contributed by atoms with Gasteiger partial charge in [0.05, 0.1) is 6.54 Å². The third-order valence-corrected chi connectivity index (χ3v) is 1.79. The van der Waals surface area contributed by atoms with E-state index in [4.69, 9.17) is 5.73 Å². The second kappa shape index (κ2) is 6.61. The Labute approximate surface area is 107 Å². The monoisotopic (exact) mass is 272 g/mol. The standard InChI is InChI=1S/C11H11F3N4O/c12-11(13,14)7-17-10(19)18-9-6-8(2-1-4-15)3-5-16-9/h3,5-6H,4,7,15H2,(H2,16,17,18,19). The van der Waals surface area contributed by atoms with Crippen molar-refractivity contribution in [3.05, 3.63) is 23.9 Å². The summed E-state index contributed by atoms with van der Waals surface area (Å²) >= 11 is 0. The number of hydrogen-bond donors (Lipinski definition) is 3. The zero-order chi connectivity index (χ0) is 14.3. The maximum atomic E-state index is 11.9. The highest BCUT2D eigenvalue weighted by Gasteiger charge is 2.27. The van der Waals surface area contributed by atoms with Crippen LogP contribution in [0, 0.1) is 11.8 Å². The molecule has 1 aromatic heterocycles. The minimum absolute atomic E-state index is 0.100. The van der Waals surface area contributed by atoms with Gasteiger partial charge in [-0.25, -0.2) is 9.78 Å². The van der Waals surface area contributed by atoms with E-state index >= 15 is 0 Å². The number of alkyl halides is 3. The third kappa shape index (κ3) is 6.28. The van der Waals surface area contributed by atoms with Crippen LogP contribution in [-0.2, 0) is 0 Å². The molecule has 0 aliphatic carbocycles. The largest absolute Gasteiger partial charge is 0.405 e. The van der Waals surface area contributed by atoms with Crippen LogP contribution >= 0.6 is 0 Å². The Morgan fingerprint density at radius 3 is 2.84 bits per heavy atom. The first kappa shape index (κ1) is 14.8. The molecule has 0 aliphatic rings. The van der Waals surface area contributed by atoms with Gasteiger partial charge in [-0.1, -0.05) is 11.8 Å². The van der Waals surface area contributed by atoms with Crippen LogP contribution in [0.5, 0.6) is 0 Å². The fourth-order valence-corrected chi connectivity index (χ4v) is 1.07. The molecule has 0 bridgehead atoms. The lowest BCUT2D eigenvalue weighted by Crippen LogP contribution is -2.36. The molecule has 0 unspecified atom stereocenters. The highest BCUT2D eigenvalue weighted by molar-refractivity contribution is 5.88. The lowest BCUT2D eigenvalue weighted by molar-refractivity contribution is -0.122. The van der Waals surface area contributed by atoms with Crippen LogP contribution in [-0.4, -0.2) is 30.3 Å². The Hall–Kier alpha value is -2.27. The van der Waals surface area contributed by atoms with Gasteiger partial charge < -0.3 is 11.1 Å². The average Bonchev–Trinajstić information content (AvgIpc) is 2.33. The predicted octanol–water partition coefficient (Wildman–Crippen LogP) is 1.08. The first-order valence-electron chi connectivity index (χ1n) is 5.17. The lowest BCUT2D eigenvalue weighted by atomic mass is 10.2. The van der Waals surface area contributed by atoms with E-state index < -0.39 is 18.8 Å². The van der Waals surface area contributed by atoms with Crippen molar-refractivity contribution in [1.29, 1.82) is 0 Å². The molecule has 1 aromatic rings. The number of urea groups is 1. The molecule has 0 spiro atoms. The van der Waals surface area contributed by atoms with E-state index in [0.717, 1.165) is 0 Å². The number of nitrogens with one attached hydrogen (secondary N) is 2. The lowest BCUT2D eigenvalue weighted by Gasteiger charge is -2.09. The summed E-state index contributed by atoms with van der Waals surface area (Å²) in [5, 5.41) is 3.83. The van der Waals surface area contributed by atoms with Crippen molar-refractivity contribution in [3.63, 3.8) is 0 Å². The number of anilines is 1. The molecule has 8 heteroatoms. The second-order valence-electron chi connectivity index (χ2n) is 3.36. The van der Waals surface area contributed by atoms with Crippen LogP contribution < -0.4 is 16.4 Å². The van der Waals surface area contributed by atoms with Gasteiger partial charge in [-0.3, -0.25) is 5.32 Å². The fourth-order valence-electron chi connectivity index (χ4n) is 1.07. The van der Waals surface area contributed by atoms with E-state index in [-0.39, 0.29) is 12.4 Å². The smallest absolute Gasteiger partial charge is 0.329 e. The highest BCUT2D eigenvalue weighted by atomic mass is 19.4. The minimum atomic E-state index is -4.46. The molecule has 19 heavy (non-hydrogen) atoms. The van der Waals surface area contributed by atoms with E-state index in [0.29, 0.717) is 5.56 Å². The van der Waals surface area contributed by atoms with E-state index in [1.807, 2.05) is 0 Å². The molecular weight excluding hydrogens is 261 g/mol. The number of carbonyl (C=O) groups is 1. The summed E-state index contributed by atoms with van der Waals surface area (Å²) in [7, 11) is 0. The van der Waals surface area contributed by atoms with Crippen molar-refractivity contribution in [3.8, 4) is 11.8 Å². The normalized spacial score (nSPS) is 10.3. The van der Waals surface area contributed by atoms with Crippen molar-refractivity contribution in [2.24, 2.45) is 5.73 Å². The Morgan fingerprint density at radius 1 is 1.47 bits per heavy atom. The van der Waals surface area contributed by atoms with Crippen molar-refractivity contribution in [2.75, 3.05) is 18.4 Å². The summed E-state index contributed by atoms with van der Waals surface area (Å²) in [5.41, 5.74) is 5.75. The summed E-state index contributed by atoms with van der Waals surface area (Å²) in [6, 6.07) is 2.02. The van der Waals surface area contributed by atoms with E-state index in [1.54, 1.807) is 11.4 Å². The van der Waals surface area contributed by atoms with Gasteiger partial charge in [-0.15, -0.1) is 0 Å². The number of nitrogens with zero attached hydrogens (tertiary/aromatic N) is 1. The number of pyridine rings is 1. The molecule has 0 radical (unpaired) electrons. The SMILES string of the molecule is NCC#Cc1ccnc(NC(=O)NCC(F)(F)F)c1. The van der Waals surface area contributed by atoms with Crippen LogP contribution in [0.2, 0.25) is 0 Å². The molecule has 0 aromatic carbocycles. The number of aromatic nitrogens is 1. The number of amides is 2. The third-order valence-electron chi connectivity index (χ3n) is 1.79. The molecule has 102 valence electrons. The zero-order valence-electron chi connectivity index (χ0n) is 9.71. The van der Waals surface area contributed by atoms with Crippen LogP contribution in [0.25, 0.3) is 0 Å². The summed E-state index contributed by atoms with van der Waals surface area (Å²) in [4.78, 5) is 14.9. The number of carbonyl (C=O) groups excluding carboxylic acids is 1. The maximum Gasteiger partial charge on any atom is 0.405 e. The summed E-state index contributed by atoms with van der Waals surface area (Å²) in [6.07, 6.45) is -3.08. The molecule has 0 fully saturated rings. The first-order chi connectivity index (χ1) is 8.90. The Bertz CT molecular complexity index is 505. The molecular formula is C11H11F3N4O. The van der Waals surface area contributed by atoms with Gasteiger partial charge in [-0.05, 0) is 12.1 Å². The first-order valence-corrected chi connectivity index (χ1v) is 5.17. The van der Waals surface area contributed by atoms with Crippen LogP contribution in [0.3, 0.4) is 0 Å². The molecule has 0 saturated carbocycles. The van der Waals surface area contributed by atoms with E-state index in [1.165, 1.54) is 12.3 Å². The van der Waals surface area contributed by atoms with Crippen molar-refractivity contribution in [2.45, 2.75) is 6.18 Å². The molecule has 2 amide bonds.